The van der Waals surface area contributed by atoms with Gasteiger partial charge in [0, 0.05) is 12.1 Å². The first-order valence-corrected chi connectivity index (χ1v) is 13.6. The minimum absolute atomic E-state index is 0.0644. The van der Waals surface area contributed by atoms with E-state index in [1.54, 1.807) is 12.1 Å². The molecule has 0 fully saturated rings. The van der Waals surface area contributed by atoms with E-state index in [-0.39, 0.29) is 31.4 Å². The number of anilines is 1. The molecule has 1 aliphatic rings. The van der Waals surface area contributed by atoms with E-state index in [0.29, 0.717) is 23.1 Å². The van der Waals surface area contributed by atoms with Gasteiger partial charge in [-0.05, 0) is 54.7 Å². The van der Waals surface area contributed by atoms with Gasteiger partial charge in [-0.3, -0.25) is 15.0 Å². The predicted octanol–water partition coefficient (Wildman–Crippen LogP) is 3.00. The van der Waals surface area contributed by atoms with Gasteiger partial charge in [0.1, 0.15) is 23.2 Å². The van der Waals surface area contributed by atoms with Crippen molar-refractivity contribution in [3.05, 3.63) is 94.4 Å². The van der Waals surface area contributed by atoms with Crippen LogP contribution in [0.2, 0.25) is 0 Å². The van der Waals surface area contributed by atoms with Crippen molar-refractivity contribution in [1.82, 2.24) is 26.4 Å². The number of ether oxygens (including phenoxy) is 1. The Hall–Kier alpha value is -4.22. The standard InChI is InChI=1S/C28H32N6O4S/c35-15-16-38-23-11-6-9-21(17-23)19-26(37)30-28-34-33-27(39-28)12-5-4-10-22-13-14-24(32-31-22)29-25(36)18-20-7-2-1-3-8-20/h1-3,6-9,11,13-14,17,31-32,35H,4-5,10,12,15-16,18-19H2,(H,29,36)(H,30,34,37). The highest BCUT2D eigenvalue weighted by Gasteiger charge is 2.11. The summed E-state index contributed by atoms with van der Waals surface area (Å²) in [5, 5.41) is 24.2. The van der Waals surface area contributed by atoms with E-state index in [4.69, 9.17) is 9.84 Å². The van der Waals surface area contributed by atoms with Crippen molar-refractivity contribution >= 4 is 28.3 Å². The van der Waals surface area contributed by atoms with Crippen LogP contribution in [-0.4, -0.2) is 40.3 Å². The third-order valence-corrected chi connectivity index (χ3v) is 6.61. The minimum Gasteiger partial charge on any atom is -0.491 e. The molecule has 0 saturated carbocycles. The van der Waals surface area contributed by atoms with Crippen molar-refractivity contribution in [3.63, 3.8) is 0 Å². The topological polar surface area (TPSA) is 138 Å². The summed E-state index contributed by atoms with van der Waals surface area (Å²) in [5.74, 6) is 0.975. The first kappa shape index (κ1) is 27.8. The molecule has 0 aliphatic carbocycles. The van der Waals surface area contributed by atoms with Crippen molar-refractivity contribution in [1.29, 1.82) is 0 Å². The first-order chi connectivity index (χ1) is 19.1. The number of aliphatic hydroxyl groups excluding tert-OH is 1. The highest BCUT2D eigenvalue weighted by atomic mass is 32.1. The van der Waals surface area contributed by atoms with Gasteiger partial charge in [0.25, 0.3) is 0 Å². The second kappa shape index (κ2) is 14.6. The monoisotopic (exact) mass is 548 g/mol. The molecule has 1 aromatic heterocycles. The normalized spacial score (nSPS) is 12.4. The molecule has 0 saturated heterocycles. The average Bonchev–Trinajstić information content (AvgIpc) is 3.38. The zero-order chi connectivity index (χ0) is 27.3. The molecule has 0 spiro atoms. The summed E-state index contributed by atoms with van der Waals surface area (Å²) >= 11 is 1.38. The van der Waals surface area contributed by atoms with Gasteiger partial charge in [-0.1, -0.05) is 53.8 Å². The van der Waals surface area contributed by atoms with Crippen LogP contribution in [0.15, 0.2) is 78.3 Å². The Morgan fingerprint density at radius 3 is 2.44 bits per heavy atom. The van der Waals surface area contributed by atoms with Gasteiger partial charge >= 0.3 is 0 Å². The lowest BCUT2D eigenvalue weighted by Gasteiger charge is -2.20. The molecular formula is C28H32N6O4S. The summed E-state index contributed by atoms with van der Waals surface area (Å²) in [6.45, 7) is 0.145. The van der Waals surface area contributed by atoms with E-state index in [9.17, 15) is 9.59 Å². The molecule has 2 aromatic carbocycles. The fraction of sp³-hybridized carbons (Fsp3) is 0.286. The number of nitrogens with zero attached hydrogens (tertiary/aromatic N) is 2. The van der Waals surface area contributed by atoms with E-state index in [2.05, 4.69) is 31.7 Å². The number of nitrogens with one attached hydrogen (secondary N) is 4. The Labute approximate surface area is 231 Å². The van der Waals surface area contributed by atoms with E-state index >= 15 is 0 Å². The van der Waals surface area contributed by atoms with E-state index < -0.39 is 0 Å². The van der Waals surface area contributed by atoms with Crippen molar-refractivity contribution in [2.45, 2.75) is 38.5 Å². The van der Waals surface area contributed by atoms with Crippen LogP contribution < -0.4 is 26.2 Å². The van der Waals surface area contributed by atoms with Gasteiger partial charge < -0.3 is 25.9 Å². The smallest absolute Gasteiger partial charge is 0.230 e. The van der Waals surface area contributed by atoms with Crippen LogP contribution in [0.5, 0.6) is 5.75 Å². The number of allylic oxidation sites excluding steroid dienone is 3. The van der Waals surface area contributed by atoms with Crippen LogP contribution in [0, 0.1) is 0 Å². The van der Waals surface area contributed by atoms with Gasteiger partial charge in [-0.25, -0.2) is 0 Å². The number of amides is 2. The lowest BCUT2D eigenvalue weighted by atomic mass is 10.1. The molecule has 2 heterocycles. The zero-order valence-electron chi connectivity index (χ0n) is 21.5. The first-order valence-electron chi connectivity index (χ1n) is 12.8. The van der Waals surface area contributed by atoms with Gasteiger partial charge in [-0.15, -0.1) is 10.2 Å². The number of rotatable bonds is 14. The maximum atomic E-state index is 12.4. The molecule has 5 N–H and O–H groups in total. The van der Waals surface area contributed by atoms with Crippen molar-refractivity contribution in [3.8, 4) is 5.75 Å². The molecule has 39 heavy (non-hydrogen) atoms. The molecule has 10 nitrogen and oxygen atoms in total. The summed E-state index contributed by atoms with van der Waals surface area (Å²) in [6, 6.07) is 16.8. The van der Waals surface area contributed by atoms with Crippen LogP contribution in [-0.2, 0) is 28.9 Å². The number of hydrazine groups is 1. The Morgan fingerprint density at radius 1 is 0.872 bits per heavy atom. The van der Waals surface area contributed by atoms with Crippen molar-refractivity contribution in [2.75, 3.05) is 18.5 Å². The fourth-order valence-electron chi connectivity index (χ4n) is 3.86. The SMILES string of the molecule is O=C(Cc1ccccc1)NC1=CC=C(CCCCc2nnc(NC(=O)Cc3cccc(OCCO)c3)s2)NN1. The van der Waals surface area contributed by atoms with Crippen LogP contribution >= 0.6 is 11.3 Å². The van der Waals surface area contributed by atoms with Gasteiger partial charge in [0.2, 0.25) is 16.9 Å². The molecule has 204 valence electrons. The second-order valence-electron chi connectivity index (χ2n) is 8.89. The molecule has 2 amide bonds. The average molecular weight is 549 g/mol. The number of benzene rings is 2. The third-order valence-electron chi connectivity index (χ3n) is 5.71. The summed E-state index contributed by atoms with van der Waals surface area (Å²) in [6.07, 6.45) is 7.81. The fourth-order valence-corrected chi connectivity index (χ4v) is 4.66. The highest BCUT2D eigenvalue weighted by molar-refractivity contribution is 7.15. The van der Waals surface area contributed by atoms with Gasteiger partial charge in [0.05, 0.1) is 19.4 Å². The van der Waals surface area contributed by atoms with E-state index in [0.717, 1.165) is 47.5 Å². The molecule has 4 rings (SSSR count). The minimum atomic E-state index is -0.177. The number of carbonyl (C=O) groups is 2. The molecule has 0 radical (unpaired) electrons. The molecule has 3 aromatic rings. The van der Waals surface area contributed by atoms with Crippen LogP contribution in [0.25, 0.3) is 0 Å². The number of aromatic nitrogens is 2. The van der Waals surface area contributed by atoms with Gasteiger partial charge in [0.15, 0.2) is 0 Å². The number of aliphatic hydroxyl groups is 1. The Balaban J connectivity index is 1.14. The second-order valence-corrected chi connectivity index (χ2v) is 9.95. The Morgan fingerprint density at radius 2 is 1.64 bits per heavy atom. The third kappa shape index (κ3) is 9.55. The summed E-state index contributed by atoms with van der Waals surface area (Å²) in [4.78, 5) is 24.6. The van der Waals surface area contributed by atoms with Crippen molar-refractivity contribution < 1.29 is 19.4 Å². The Kier molecular flexibility index (Phi) is 10.4. The zero-order valence-corrected chi connectivity index (χ0v) is 22.3. The van der Waals surface area contributed by atoms with Gasteiger partial charge in [-0.2, -0.15) is 0 Å². The number of carbonyl (C=O) groups excluding carboxylic acids is 2. The van der Waals surface area contributed by atoms with E-state index in [1.807, 2.05) is 54.6 Å². The molecule has 1 aliphatic heterocycles. The molecule has 0 bridgehead atoms. The molecule has 0 atom stereocenters. The summed E-state index contributed by atoms with van der Waals surface area (Å²) < 4.78 is 5.39. The number of aryl methyl sites for hydroxylation is 1. The quantitative estimate of drug-likeness (QED) is 0.194. The largest absolute Gasteiger partial charge is 0.491 e. The summed E-state index contributed by atoms with van der Waals surface area (Å²) in [5.41, 5.74) is 8.97. The number of hydrogen-bond acceptors (Lipinski definition) is 9. The van der Waals surface area contributed by atoms with Crippen molar-refractivity contribution in [2.24, 2.45) is 0 Å². The molecule has 0 unspecified atom stereocenters. The number of unbranched alkanes of at least 4 members (excludes halogenated alkanes) is 1. The lowest BCUT2D eigenvalue weighted by molar-refractivity contribution is -0.120. The van der Waals surface area contributed by atoms with Crippen LogP contribution in [0.4, 0.5) is 5.13 Å². The van der Waals surface area contributed by atoms with E-state index in [1.165, 1.54) is 11.3 Å². The van der Waals surface area contributed by atoms with Crippen LogP contribution in [0.1, 0.15) is 35.4 Å². The molecular weight excluding hydrogens is 516 g/mol. The van der Waals surface area contributed by atoms with Crippen LogP contribution in [0.3, 0.4) is 0 Å². The maximum Gasteiger partial charge on any atom is 0.230 e. The molecule has 11 heteroatoms. The Bertz CT molecular complexity index is 1310. The summed E-state index contributed by atoms with van der Waals surface area (Å²) in [7, 11) is 0. The maximum absolute atomic E-state index is 12.4. The lowest BCUT2D eigenvalue weighted by Crippen LogP contribution is -2.41. The predicted molar refractivity (Wildman–Crippen MR) is 150 cm³/mol. The highest BCUT2D eigenvalue weighted by Crippen LogP contribution is 2.19. The number of hydrogen-bond donors (Lipinski definition) is 5.